The Kier molecular flexibility index (Phi) is 4.70. The Labute approximate surface area is 131 Å². The molecule has 2 aromatic rings. The number of nitrogens with two attached hydrogens (primary N) is 1. The highest BCUT2D eigenvalue weighted by Gasteiger charge is 2.09. The smallest absolute Gasteiger partial charge is 0.337 e. The minimum absolute atomic E-state index is 0.411. The van der Waals surface area contributed by atoms with Crippen molar-refractivity contribution < 1.29 is 14.3 Å². The molecular weight excluding hydrogens is 336 g/mol. The number of hydrogen-bond acceptors (Lipinski definition) is 5. The quantitative estimate of drug-likeness (QED) is 0.651. The predicted molar refractivity (Wildman–Crippen MR) is 86.2 cm³/mol. The second-order valence-electron chi connectivity index (χ2n) is 4.27. The van der Waals surface area contributed by atoms with E-state index in [0.29, 0.717) is 22.7 Å². The lowest BCUT2D eigenvalue weighted by molar-refractivity contribution is 0.0601. The normalized spacial score (nSPS) is 10.0. The lowest BCUT2D eigenvalue weighted by atomic mass is 10.1. The third-order valence-corrected chi connectivity index (χ3v) is 3.56. The largest absolute Gasteiger partial charge is 0.495 e. The Balaban J connectivity index is 2.26. The summed E-state index contributed by atoms with van der Waals surface area (Å²) in [6, 6.07) is 10.6. The molecule has 0 fully saturated rings. The summed E-state index contributed by atoms with van der Waals surface area (Å²) in [5.74, 6) is 0.295. The Hall–Kier alpha value is -2.21. The Bertz CT molecular complexity index is 674. The van der Waals surface area contributed by atoms with Crippen LogP contribution in [-0.2, 0) is 4.74 Å². The highest BCUT2D eigenvalue weighted by atomic mass is 79.9. The number of anilines is 3. The van der Waals surface area contributed by atoms with E-state index in [1.54, 1.807) is 25.3 Å². The first kappa shape index (κ1) is 15.2. The standard InChI is InChI=1S/C15H15BrN2O3/c1-20-14-8-10(4-5-11(14)16)18-13-6-3-9(7-12(13)17)15(19)21-2/h3-8,18H,17H2,1-2H3. The van der Waals surface area contributed by atoms with Crippen molar-refractivity contribution in [1.29, 1.82) is 0 Å². The molecule has 0 aliphatic rings. The van der Waals surface area contributed by atoms with Crippen LogP contribution >= 0.6 is 15.9 Å². The molecule has 0 atom stereocenters. The molecular formula is C15H15BrN2O3. The van der Waals surface area contributed by atoms with Gasteiger partial charge in [0.2, 0.25) is 0 Å². The lowest BCUT2D eigenvalue weighted by Gasteiger charge is -2.12. The van der Waals surface area contributed by atoms with Crippen molar-refractivity contribution >= 4 is 39.0 Å². The van der Waals surface area contributed by atoms with Crippen molar-refractivity contribution in [3.8, 4) is 5.75 Å². The molecule has 0 amide bonds. The molecule has 0 aromatic heterocycles. The number of carbonyl (C=O) groups excluding carboxylic acids is 1. The summed E-state index contributed by atoms with van der Waals surface area (Å²) < 4.78 is 10.8. The van der Waals surface area contributed by atoms with Crippen LogP contribution in [0, 0.1) is 0 Å². The summed E-state index contributed by atoms with van der Waals surface area (Å²) in [7, 11) is 2.93. The van der Waals surface area contributed by atoms with Gasteiger partial charge in [-0.3, -0.25) is 0 Å². The van der Waals surface area contributed by atoms with E-state index < -0.39 is 5.97 Å². The van der Waals surface area contributed by atoms with Gasteiger partial charge in [-0.05, 0) is 46.3 Å². The molecule has 0 aliphatic heterocycles. The highest BCUT2D eigenvalue weighted by Crippen LogP contribution is 2.31. The van der Waals surface area contributed by atoms with E-state index in [-0.39, 0.29) is 0 Å². The zero-order valence-corrected chi connectivity index (χ0v) is 13.2. The van der Waals surface area contributed by atoms with E-state index in [1.165, 1.54) is 7.11 Å². The van der Waals surface area contributed by atoms with Crippen molar-refractivity contribution in [2.24, 2.45) is 0 Å². The fraction of sp³-hybridized carbons (Fsp3) is 0.133. The summed E-state index contributed by atoms with van der Waals surface area (Å²) in [5, 5.41) is 3.18. The van der Waals surface area contributed by atoms with E-state index in [1.807, 2.05) is 18.2 Å². The maximum Gasteiger partial charge on any atom is 0.337 e. The second-order valence-corrected chi connectivity index (χ2v) is 5.12. The van der Waals surface area contributed by atoms with Crippen LogP contribution in [0.3, 0.4) is 0 Å². The Morgan fingerprint density at radius 2 is 1.95 bits per heavy atom. The monoisotopic (exact) mass is 350 g/mol. The minimum atomic E-state index is -0.418. The third kappa shape index (κ3) is 3.46. The van der Waals surface area contributed by atoms with Crippen LogP contribution in [0.4, 0.5) is 17.1 Å². The molecule has 0 unspecified atom stereocenters. The van der Waals surface area contributed by atoms with Crippen molar-refractivity contribution in [1.82, 2.24) is 0 Å². The summed E-state index contributed by atoms with van der Waals surface area (Å²) in [6.45, 7) is 0. The van der Waals surface area contributed by atoms with Gasteiger partial charge in [0.25, 0.3) is 0 Å². The maximum atomic E-state index is 11.4. The number of methoxy groups -OCH3 is 2. The number of rotatable bonds is 4. The SMILES string of the molecule is COC(=O)c1ccc(Nc2ccc(Br)c(OC)c2)c(N)c1. The van der Waals surface area contributed by atoms with E-state index in [2.05, 4.69) is 26.0 Å². The van der Waals surface area contributed by atoms with Crippen LogP contribution in [0.2, 0.25) is 0 Å². The van der Waals surface area contributed by atoms with Crippen LogP contribution in [-0.4, -0.2) is 20.2 Å². The zero-order valence-electron chi connectivity index (χ0n) is 11.6. The lowest BCUT2D eigenvalue weighted by Crippen LogP contribution is -2.04. The van der Waals surface area contributed by atoms with Crippen LogP contribution in [0.5, 0.6) is 5.75 Å². The molecule has 0 saturated carbocycles. The number of nitrogen functional groups attached to an aromatic ring is 1. The molecule has 0 bridgehead atoms. The van der Waals surface area contributed by atoms with Gasteiger partial charge >= 0.3 is 5.97 Å². The van der Waals surface area contributed by atoms with Crippen LogP contribution in [0.1, 0.15) is 10.4 Å². The van der Waals surface area contributed by atoms with E-state index >= 15 is 0 Å². The second kappa shape index (κ2) is 6.49. The molecule has 0 radical (unpaired) electrons. The topological polar surface area (TPSA) is 73.6 Å². The van der Waals surface area contributed by atoms with Gasteiger partial charge in [0, 0.05) is 11.8 Å². The molecule has 2 rings (SSSR count). The van der Waals surface area contributed by atoms with Crippen molar-refractivity contribution in [3.63, 3.8) is 0 Å². The molecule has 5 nitrogen and oxygen atoms in total. The first-order valence-electron chi connectivity index (χ1n) is 6.13. The van der Waals surface area contributed by atoms with Crippen LogP contribution in [0.15, 0.2) is 40.9 Å². The van der Waals surface area contributed by atoms with Gasteiger partial charge in [0.05, 0.1) is 35.6 Å². The van der Waals surface area contributed by atoms with Crippen LogP contribution in [0.25, 0.3) is 0 Å². The molecule has 21 heavy (non-hydrogen) atoms. The predicted octanol–water partition coefficient (Wildman–Crippen LogP) is 3.57. The van der Waals surface area contributed by atoms with E-state index in [4.69, 9.17) is 10.5 Å². The molecule has 0 aliphatic carbocycles. The van der Waals surface area contributed by atoms with Gasteiger partial charge in [0.1, 0.15) is 5.75 Å². The summed E-state index contributed by atoms with van der Waals surface area (Å²) >= 11 is 3.40. The van der Waals surface area contributed by atoms with Gasteiger partial charge < -0.3 is 20.5 Å². The van der Waals surface area contributed by atoms with Crippen molar-refractivity contribution in [3.05, 3.63) is 46.4 Å². The molecule has 0 heterocycles. The molecule has 0 saturated heterocycles. The van der Waals surface area contributed by atoms with Gasteiger partial charge in [-0.15, -0.1) is 0 Å². The van der Waals surface area contributed by atoms with Crippen molar-refractivity contribution in [2.45, 2.75) is 0 Å². The van der Waals surface area contributed by atoms with Gasteiger partial charge in [-0.2, -0.15) is 0 Å². The average Bonchev–Trinajstić information content (AvgIpc) is 2.50. The fourth-order valence-electron chi connectivity index (χ4n) is 1.81. The average molecular weight is 351 g/mol. The number of benzene rings is 2. The minimum Gasteiger partial charge on any atom is -0.495 e. The summed E-state index contributed by atoms with van der Waals surface area (Å²) in [4.78, 5) is 11.4. The molecule has 3 N–H and O–H groups in total. The number of esters is 1. The number of ether oxygens (including phenoxy) is 2. The summed E-state index contributed by atoms with van der Waals surface area (Å²) in [6.07, 6.45) is 0. The zero-order chi connectivity index (χ0) is 15.4. The maximum absolute atomic E-state index is 11.4. The number of carbonyl (C=O) groups is 1. The highest BCUT2D eigenvalue weighted by molar-refractivity contribution is 9.10. The Morgan fingerprint density at radius 3 is 2.57 bits per heavy atom. The first-order chi connectivity index (χ1) is 10.0. The third-order valence-electron chi connectivity index (χ3n) is 2.90. The fourth-order valence-corrected chi connectivity index (χ4v) is 2.22. The molecule has 2 aromatic carbocycles. The molecule has 0 spiro atoms. The summed E-state index contributed by atoms with van der Waals surface area (Å²) in [5.41, 5.74) is 8.35. The van der Waals surface area contributed by atoms with Crippen LogP contribution < -0.4 is 15.8 Å². The van der Waals surface area contributed by atoms with Gasteiger partial charge in [0.15, 0.2) is 0 Å². The van der Waals surface area contributed by atoms with Gasteiger partial charge in [-0.25, -0.2) is 4.79 Å². The van der Waals surface area contributed by atoms with Crippen molar-refractivity contribution in [2.75, 3.05) is 25.3 Å². The Morgan fingerprint density at radius 1 is 1.19 bits per heavy atom. The number of nitrogens with one attached hydrogen (secondary N) is 1. The molecule has 110 valence electrons. The number of hydrogen-bond donors (Lipinski definition) is 2. The van der Waals surface area contributed by atoms with E-state index in [0.717, 1.165) is 10.2 Å². The number of halogens is 1. The first-order valence-corrected chi connectivity index (χ1v) is 6.93. The molecule has 6 heteroatoms. The van der Waals surface area contributed by atoms with Gasteiger partial charge in [-0.1, -0.05) is 0 Å². The van der Waals surface area contributed by atoms with E-state index in [9.17, 15) is 4.79 Å².